The van der Waals surface area contributed by atoms with Crippen molar-refractivity contribution in [2.75, 3.05) is 5.32 Å². The van der Waals surface area contributed by atoms with Crippen LogP contribution in [0.4, 0.5) is 14.9 Å². The average Bonchev–Trinajstić information content (AvgIpc) is 3.05. The smallest absolute Gasteiger partial charge is 0.412 e. The largest absolute Gasteiger partial charge is 0.443 e. The van der Waals surface area contributed by atoms with Gasteiger partial charge < -0.3 is 4.74 Å². The first-order chi connectivity index (χ1) is 12.1. The van der Waals surface area contributed by atoms with Gasteiger partial charge in [-0.25, -0.2) is 13.9 Å². The first kappa shape index (κ1) is 16.9. The lowest BCUT2D eigenvalue weighted by atomic mass is 10.2. The number of amides is 1. The summed E-state index contributed by atoms with van der Waals surface area (Å²) in [6, 6.07) is 12.8. The van der Waals surface area contributed by atoms with E-state index < -0.39 is 6.09 Å². The van der Waals surface area contributed by atoms with Crippen LogP contribution in [-0.2, 0) is 17.9 Å². The molecule has 25 heavy (non-hydrogen) atoms. The highest BCUT2D eigenvalue weighted by Crippen LogP contribution is 2.11. The van der Waals surface area contributed by atoms with Gasteiger partial charge in [-0.2, -0.15) is 0 Å². The van der Waals surface area contributed by atoms with Crippen LogP contribution in [-0.4, -0.2) is 21.1 Å². The Hall–Kier alpha value is -2.93. The number of carbonyl (C=O) groups excluding carboxylic acids is 1. The molecule has 1 aromatic heterocycles. The summed E-state index contributed by atoms with van der Waals surface area (Å²) in [5.74, 6) is -0.379. The summed E-state index contributed by atoms with van der Waals surface area (Å²) in [4.78, 5) is 11.7. The zero-order chi connectivity index (χ0) is 17.6. The van der Waals surface area contributed by atoms with Crippen LogP contribution in [0.3, 0.4) is 0 Å². The Kier molecular flexibility index (Phi) is 5.25. The Morgan fingerprint density at radius 1 is 1.16 bits per heavy atom. The molecule has 0 saturated carbocycles. The molecule has 8 heteroatoms. The Bertz CT molecular complexity index is 850. The van der Waals surface area contributed by atoms with Crippen LogP contribution in [0.1, 0.15) is 11.3 Å². The molecule has 0 spiro atoms. The molecule has 0 saturated heterocycles. The summed E-state index contributed by atoms with van der Waals surface area (Å²) in [6.45, 7) is 0.513. The number of hydrogen-bond acceptors (Lipinski definition) is 4. The van der Waals surface area contributed by atoms with Gasteiger partial charge in [-0.05, 0) is 42.0 Å². The maximum Gasteiger partial charge on any atom is 0.412 e. The van der Waals surface area contributed by atoms with E-state index in [4.69, 9.17) is 16.3 Å². The molecule has 3 rings (SSSR count). The van der Waals surface area contributed by atoms with E-state index in [-0.39, 0.29) is 12.4 Å². The number of carbonyl (C=O) groups is 1. The van der Waals surface area contributed by atoms with Gasteiger partial charge in [0.05, 0.1) is 12.7 Å². The van der Waals surface area contributed by atoms with Crippen LogP contribution < -0.4 is 5.32 Å². The number of aromatic nitrogens is 3. The van der Waals surface area contributed by atoms with Gasteiger partial charge in [-0.3, -0.25) is 5.32 Å². The first-order valence-electron chi connectivity index (χ1n) is 7.41. The van der Waals surface area contributed by atoms with Gasteiger partial charge in [-0.1, -0.05) is 28.9 Å². The molecule has 1 amide bonds. The van der Waals surface area contributed by atoms with Crippen LogP contribution >= 0.6 is 11.6 Å². The number of nitrogens with zero attached hydrogens (tertiary/aromatic N) is 3. The van der Waals surface area contributed by atoms with Gasteiger partial charge in [0.1, 0.15) is 18.1 Å². The second kappa shape index (κ2) is 7.76. The van der Waals surface area contributed by atoms with Gasteiger partial charge in [0, 0.05) is 10.7 Å². The topological polar surface area (TPSA) is 69.0 Å². The van der Waals surface area contributed by atoms with E-state index in [9.17, 15) is 9.18 Å². The van der Waals surface area contributed by atoms with Crippen molar-refractivity contribution in [1.82, 2.24) is 15.0 Å². The predicted octanol–water partition coefficient (Wildman–Crippen LogP) is 3.87. The lowest BCUT2D eigenvalue weighted by Gasteiger charge is -2.05. The quantitative estimate of drug-likeness (QED) is 0.750. The third kappa shape index (κ3) is 5.02. The Labute approximate surface area is 148 Å². The van der Waals surface area contributed by atoms with E-state index >= 15 is 0 Å². The zero-order valence-electron chi connectivity index (χ0n) is 13.0. The summed E-state index contributed by atoms with van der Waals surface area (Å²) < 4.78 is 19.5. The third-order valence-corrected chi connectivity index (χ3v) is 3.54. The van der Waals surface area contributed by atoms with Gasteiger partial charge in [0.2, 0.25) is 0 Å². The summed E-state index contributed by atoms with van der Waals surface area (Å²) in [5.41, 5.74) is 1.98. The molecule has 1 N–H and O–H groups in total. The van der Waals surface area contributed by atoms with E-state index in [1.165, 1.54) is 24.3 Å². The fraction of sp³-hybridized carbons (Fsp3) is 0.118. The van der Waals surface area contributed by atoms with Crippen molar-refractivity contribution in [3.05, 3.63) is 76.8 Å². The second-order valence-electron chi connectivity index (χ2n) is 5.24. The van der Waals surface area contributed by atoms with E-state index in [2.05, 4.69) is 15.6 Å². The van der Waals surface area contributed by atoms with Crippen LogP contribution in [0.2, 0.25) is 5.02 Å². The monoisotopic (exact) mass is 360 g/mol. The molecule has 2 aromatic carbocycles. The minimum Gasteiger partial charge on any atom is -0.443 e. The van der Waals surface area contributed by atoms with E-state index in [1.807, 2.05) is 12.1 Å². The van der Waals surface area contributed by atoms with Crippen molar-refractivity contribution in [1.29, 1.82) is 0 Å². The molecule has 0 fully saturated rings. The van der Waals surface area contributed by atoms with Crippen LogP contribution in [0.5, 0.6) is 0 Å². The summed E-state index contributed by atoms with van der Waals surface area (Å²) in [5, 5.41) is 11.1. The molecule has 0 aliphatic rings. The molecule has 0 unspecified atom stereocenters. The normalized spacial score (nSPS) is 10.5. The molecule has 0 aliphatic heterocycles. The fourth-order valence-electron chi connectivity index (χ4n) is 2.09. The van der Waals surface area contributed by atoms with Crippen molar-refractivity contribution in [3.8, 4) is 0 Å². The Balaban J connectivity index is 1.50. The molecule has 1 heterocycles. The Morgan fingerprint density at radius 3 is 2.60 bits per heavy atom. The number of hydrogen-bond donors (Lipinski definition) is 1. The van der Waals surface area contributed by atoms with Gasteiger partial charge in [0.15, 0.2) is 0 Å². The maximum atomic E-state index is 12.8. The van der Waals surface area contributed by atoms with E-state index in [0.29, 0.717) is 22.9 Å². The van der Waals surface area contributed by atoms with Crippen LogP contribution in [0.25, 0.3) is 0 Å². The van der Waals surface area contributed by atoms with E-state index in [1.54, 1.807) is 23.0 Å². The molecule has 0 atom stereocenters. The second-order valence-corrected chi connectivity index (χ2v) is 5.68. The van der Waals surface area contributed by atoms with Crippen LogP contribution in [0.15, 0.2) is 54.7 Å². The van der Waals surface area contributed by atoms with Gasteiger partial charge >= 0.3 is 6.09 Å². The molecule has 3 aromatic rings. The van der Waals surface area contributed by atoms with Gasteiger partial charge in [-0.15, -0.1) is 5.10 Å². The molecule has 0 radical (unpaired) electrons. The van der Waals surface area contributed by atoms with Crippen molar-refractivity contribution >= 4 is 23.4 Å². The molecular formula is C17H14ClFN4O2. The number of rotatable bonds is 5. The summed E-state index contributed by atoms with van der Waals surface area (Å²) in [6.07, 6.45) is 1.04. The standard InChI is InChI=1S/C17H14ClFN4O2/c18-13-3-1-12(2-4-13)9-23-10-16(21-22-23)11-25-17(24)20-15-7-5-14(19)6-8-15/h1-8,10H,9,11H2,(H,20,24). The highest BCUT2D eigenvalue weighted by Gasteiger charge is 2.07. The lowest BCUT2D eigenvalue weighted by Crippen LogP contribution is -2.13. The van der Waals surface area contributed by atoms with Crippen molar-refractivity contribution in [3.63, 3.8) is 0 Å². The summed E-state index contributed by atoms with van der Waals surface area (Å²) in [7, 11) is 0. The molecular weight excluding hydrogens is 347 g/mol. The SMILES string of the molecule is O=C(Nc1ccc(F)cc1)OCc1cn(Cc2ccc(Cl)cc2)nn1. The number of benzene rings is 2. The minimum atomic E-state index is -0.654. The first-order valence-corrected chi connectivity index (χ1v) is 7.79. The van der Waals surface area contributed by atoms with Crippen molar-refractivity contribution < 1.29 is 13.9 Å². The molecule has 0 bridgehead atoms. The van der Waals surface area contributed by atoms with E-state index in [0.717, 1.165) is 5.56 Å². The molecule has 6 nitrogen and oxygen atoms in total. The highest BCUT2D eigenvalue weighted by atomic mass is 35.5. The van der Waals surface area contributed by atoms with Crippen LogP contribution in [0, 0.1) is 5.82 Å². The number of halogens is 2. The number of ether oxygens (including phenoxy) is 1. The fourth-order valence-corrected chi connectivity index (χ4v) is 2.21. The minimum absolute atomic E-state index is 0.0202. The third-order valence-electron chi connectivity index (χ3n) is 3.29. The molecule has 128 valence electrons. The predicted molar refractivity (Wildman–Crippen MR) is 90.8 cm³/mol. The van der Waals surface area contributed by atoms with Crippen molar-refractivity contribution in [2.24, 2.45) is 0 Å². The number of anilines is 1. The number of nitrogens with one attached hydrogen (secondary N) is 1. The van der Waals surface area contributed by atoms with Crippen molar-refractivity contribution in [2.45, 2.75) is 13.2 Å². The molecule has 0 aliphatic carbocycles. The Morgan fingerprint density at radius 2 is 1.88 bits per heavy atom. The lowest BCUT2D eigenvalue weighted by molar-refractivity contribution is 0.153. The van der Waals surface area contributed by atoms with Gasteiger partial charge in [0.25, 0.3) is 0 Å². The average molecular weight is 361 g/mol. The summed E-state index contributed by atoms with van der Waals surface area (Å²) >= 11 is 5.85. The zero-order valence-corrected chi connectivity index (χ0v) is 13.8. The maximum absolute atomic E-state index is 12.8. The highest BCUT2D eigenvalue weighted by molar-refractivity contribution is 6.30.